The average Bonchev–Trinajstić information content (AvgIpc) is 2.78. The highest BCUT2D eigenvalue weighted by Crippen LogP contribution is 2.22. The van der Waals surface area contributed by atoms with Gasteiger partial charge in [-0.15, -0.1) is 0 Å². The molecule has 1 unspecified atom stereocenters. The Morgan fingerprint density at radius 1 is 1.18 bits per heavy atom. The molecule has 2 N–H and O–H groups in total. The molecule has 0 saturated carbocycles. The summed E-state index contributed by atoms with van der Waals surface area (Å²) in [7, 11) is 1.44. The minimum atomic E-state index is -1.41. The highest BCUT2D eigenvalue weighted by Gasteiger charge is 2.24. The largest absolute Gasteiger partial charge is 0.481 e. The fraction of sp³-hybridized carbons (Fsp3) is 0.136. The van der Waals surface area contributed by atoms with Crippen molar-refractivity contribution in [1.29, 1.82) is 0 Å². The number of methoxy groups -OCH3 is 1. The molecule has 0 spiro atoms. The molecule has 33 heavy (non-hydrogen) atoms. The summed E-state index contributed by atoms with van der Waals surface area (Å²) in [6, 6.07) is 7.92. The Bertz CT molecular complexity index is 1370. The highest BCUT2D eigenvalue weighted by molar-refractivity contribution is 5.74. The van der Waals surface area contributed by atoms with E-state index in [-0.39, 0.29) is 34.5 Å². The van der Waals surface area contributed by atoms with E-state index < -0.39 is 29.3 Å². The van der Waals surface area contributed by atoms with Gasteiger partial charge < -0.3 is 15.2 Å². The van der Waals surface area contributed by atoms with Crippen molar-refractivity contribution in [1.82, 2.24) is 24.8 Å². The number of aromatic nitrogens is 4. The van der Waals surface area contributed by atoms with Crippen molar-refractivity contribution < 1.29 is 23.4 Å². The predicted molar refractivity (Wildman–Crippen MR) is 113 cm³/mol. The van der Waals surface area contributed by atoms with E-state index in [1.54, 1.807) is 12.1 Å². The molecule has 4 rings (SSSR count). The predicted octanol–water partition coefficient (Wildman–Crippen LogP) is 3.01. The van der Waals surface area contributed by atoms with Crippen LogP contribution in [0.4, 0.5) is 13.6 Å². The number of nitrogens with one attached hydrogen (secondary N) is 1. The van der Waals surface area contributed by atoms with E-state index in [1.165, 1.54) is 36.2 Å². The first-order valence-corrected chi connectivity index (χ1v) is 9.68. The van der Waals surface area contributed by atoms with Crippen molar-refractivity contribution >= 4 is 17.1 Å². The molecule has 0 saturated heterocycles. The Labute approximate surface area is 185 Å². The van der Waals surface area contributed by atoms with E-state index in [2.05, 4.69) is 20.3 Å². The molecule has 3 aromatic heterocycles. The lowest BCUT2D eigenvalue weighted by molar-refractivity contribution is 0.189. The van der Waals surface area contributed by atoms with Crippen LogP contribution in [0.15, 0.2) is 59.7 Å². The van der Waals surface area contributed by atoms with Crippen LogP contribution in [0.5, 0.6) is 5.88 Å². The molecular weight excluding hydrogens is 436 g/mol. The summed E-state index contributed by atoms with van der Waals surface area (Å²) in [5.41, 5.74) is 0.0354. The summed E-state index contributed by atoms with van der Waals surface area (Å²) in [5.74, 6) is -1.35. The van der Waals surface area contributed by atoms with Gasteiger partial charge in [-0.25, -0.2) is 28.5 Å². The zero-order chi connectivity index (χ0) is 23.5. The van der Waals surface area contributed by atoms with Gasteiger partial charge in [0, 0.05) is 24.8 Å². The van der Waals surface area contributed by atoms with Crippen molar-refractivity contribution in [3.05, 3.63) is 88.2 Å². The van der Waals surface area contributed by atoms with Crippen LogP contribution < -0.4 is 15.6 Å². The van der Waals surface area contributed by atoms with Crippen molar-refractivity contribution in [2.75, 3.05) is 7.11 Å². The third-order valence-corrected chi connectivity index (χ3v) is 4.83. The number of benzene rings is 1. The van der Waals surface area contributed by atoms with Gasteiger partial charge in [0.15, 0.2) is 5.65 Å². The molecule has 11 heteroatoms. The summed E-state index contributed by atoms with van der Waals surface area (Å²) in [5, 5.41) is 11.9. The Kier molecular flexibility index (Phi) is 5.94. The number of ether oxygens (including phenoxy) is 1. The van der Waals surface area contributed by atoms with E-state index in [1.807, 2.05) is 0 Å². The number of carbonyl (C=O) groups is 1. The zero-order valence-electron chi connectivity index (χ0n) is 17.2. The fourth-order valence-electron chi connectivity index (χ4n) is 3.47. The van der Waals surface area contributed by atoms with Gasteiger partial charge in [-0.1, -0.05) is 0 Å². The number of halogens is 2. The Hall–Kier alpha value is -4.41. The molecule has 0 aliphatic carbocycles. The molecule has 168 valence electrons. The first-order chi connectivity index (χ1) is 15.9. The van der Waals surface area contributed by atoms with Gasteiger partial charge in [0.2, 0.25) is 5.88 Å². The molecule has 0 aliphatic heterocycles. The maximum atomic E-state index is 13.8. The van der Waals surface area contributed by atoms with Crippen molar-refractivity contribution in [2.24, 2.45) is 0 Å². The van der Waals surface area contributed by atoms with Gasteiger partial charge in [0.05, 0.1) is 30.4 Å². The van der Waals surface area contributed by atoms with Gasteiger partial charge in [-0.2, -0.15) is 0 Å². The molecule has 4 aromatic rings. The van der Waals surface area contributed by atoms with E-state index in [0.29, 0.717) is 11.9 Å². The first kappa shape index (κ1) is 21.8. The summed E-state index contributed by atoms with van der Waals surface area (Å²) in [6.45, 7) is 0. The molecule has 1 atom stereocenters. The molecule has 0 fully saturated rings. The summed E-state index contributed by atoms with van der Waals surface area (Å²) >= 11 is 0. The highest BCUT2D eigenvalue weighted by atomic mass is 19.1. The van der Waals surface area contributed by atoms with Gasteiger partial charge in [0.1, 0.15) is 17.5 Å². The Morgan fingerprint density at radius 3 is 2.58 bits per heavy atom. The van der Waals surface area contributed by atoms with Gasteiger partial charge in [0.25, 0.3) is 5.56 Å². The Morgan fingerprint density at radius 2 is 1.94 bits per heavy atom. The van der Waals surface area contributed by atoms with Crippen molar-refractivity contribution in [2.45, 2.75) is 12.5 Å². The molecule has 0 radical (unpaired) electrons. The lowest BCUT2D eigenvalue weighted by Crippen LogP contribution is -2.35. The minimum Gasteiger partial charge on any atom is -0.481 e. The number of carboxylic acid groups (broad SMARTS) is 1. The number of nitrogens with zero attached hydrogens (tertiary/aromatic N) is 4. The minimum absolute atomic E-state index is 0.0229. The Balaban J connectivity index is 1.94. The summed E-state index contributed by atoms with van der Waals surface area (Å²) < 4.78 is 33.7. The number of amides is 1. The number of fused-ring (bicyclic) bond motifs is 1. The standard InChI is InChI=1S/C22H17F2N5O4/c1-33-18-5-4-15(11-26-18)29-20(28-19-16(21(29)30)3-2-6-25-19)17(27-22(31)32)9-12-7-13(23)10-14(24)8-12/h2-8,10-11,17,27H,9H2,1H3,(H,31,32). The van der Waals surface area contributed by atoms with Gasteiger partial charge in [-0.3, -0.25) is 9.36 Å². The SMILES string of the molecule is COc1ccc(-n2c(C(Cc3cc(F)cc(F)c3)NC(=O)O)nc3ncccc3c2=O)cn1. The van der Waals surface area contributed by atoms with Gasteiger partial charge in [-0.05, 0) is 35.9 Å². The quantitative estimate of drug-likeness (QED) is 0.461. The van der Waals surface area contributed by atoms with Crippen LogP contribution in [-0.2, 0) is 6.42 Å². The first-order valence-electron chi connectivity index (χ1n) is 9.68. The number of pyridine rings is 2. The fourth-order valence-corrected chi connectivity index (χ4v) is 3.47. The molecular formula is C22H17F2N5O4. The normalized spacial score (nSPS) is 11.8. The molecule has 1 aromatic carbocycles. The van der Waals surface area contributed by atoms with Crippen LogP contribution in [0.3, 0.4) is 0 Å². The van der Waals surface area contributed by atoms with E-state index in [0.717, 1.165) is 12.1 Å². The summed E-state index contributed by atoms with van der Waals surface area (Å²) in [4.78, 5) is 37.6. The lowest BCUT2D eigenvalue weighted by Gasteiger charge is -2.21. The maximum absolute atomic E-state index is 13.8. The second kappa shape index (κ2) is 8.99. The third-order valence-electron chi connectivity index (χ3n) is 4.83. The van der Waals surface area contributed by atoms with E-state index >= 15 is 0 Å². The van der Waals surface area contributed by atoms with Crippen LogP contribution in [-0.4, -0.2) is 37.8 Å². The molecule has 9 nitrogen and oxygen atoms in total. The second-order valence-corrected chi connectivity index (χ2v) is 7.03. The van der Waals surface area contributed by atoms with Crippen LogP contribution >= 0.6 is 0 Å². The van der Waals surface area contributed by atoms with Crippen LogP contribution in [0.1, 0.15) is 17.4 Å². The summed E-state index contributed by atoms with van der Waals surface area (Å²) in [6.07, 6.45) is 1.22. The van der Waals surface area contributed by atoms with Gasteiger partial charge >= 0.3 is 6.09 Å². The third kappa shape index (κ3) is 4.61. The zero-order valence-corrected chi connectivity index (χ0v) is 17.2. The van der Waals surface area contributed by atoms with Crippen LogP contribution in [0.2, 0.25) is 0 Å². The molecule has 1 amide bonds. The number of hydrogen-bond donors (Lipinski definition) is 2. The van der Waals surface area contributed by atoms with Crippen molar-refractivity contribution in [3.63, 3.8) is 0 Å². The van der Waals surface area contributed by atoms with Crippen LogP contribution in [0.25, 0.3) is 16.7 Å². The smallest absolute Gasteiger partial charge is 0.405 e. The second-order valence-electron chi connectivity index (χ2n) is 7.03. The number of rotatable bonds is 6. The lowest BCUT2D eigenvalue weighted by atomic mass is 10.0. The maximum Gasteiger partial charge on any atom is 0.405 e. The van der Waals surface area contributed by atoms with E-state index in [9.17, 15) is 23.5 Å². The monoisotopic (exact) mass is 453 g/mol. The van der Waals surface area contributed by atoms with Crippen LogP contribution in [0, 0.1) is 11.6 Å². The molecule has 0 aliphatic rings. The van der Waals surface area contributed by atoms with E-state index in [4.69, 9.17) is 4.74 Å². The number of hydrogen-bond acceptors (Lipinski definition) is 6. The molecule has 3 heterocycles. The molecule has 0 bridgehead atoms. The average molecular weight is 453 g/mol. The van der Waals surface area contributed by atoms with Crippen molar-refractivity contribution in [3.8, 4) is 11.6 Å². The topological polar surface area (TPSA) is 119 Å².